The van der Waals surface area contributed by atoms with Crippen LogP contribution < -0.4 is 5.32 Å². The first-order valence-electron chi connectivity index (χ1n) is 7.51. The van der Waals surface area contributed by atoms with E-state index in [2.05, 4.69) is 15.5 Å². The number of nitrogens with zero attached hydrogens (tertiary/aromatic N) is 2. The highest BCUT2D eigenvalue weighted by Crippen LogP contribution is 2.23. The van der Waals surface area contributed by atoms with E-state index in [9.17, 15) is 14.4 Å². The van der Waals surface area contributed by atoms with Gasteiger partial charge in [-0.1, -0.05) is 65.6 Å². The van der Waals surface area contributed by atoms with Gasteiger partial charge in [-0.05, 0) is 18.4 Å². The summed E-state index contributed by atoms with van der Waals surface area (Å²) in [5.74, 6) is -1.56. The van der Waals surface area contributed by atoms with Crippen molar-refractivity contribution < 1.29 is 14.4 Å². The van der Waals surface area contributed by atoms with Gasteiger partial charge in [-0.25, -0.2) is 0 Å². The van der Waals surface area contributed by atoms with E-state index >= 15 is 0 Å². The fourth-order valence-corrected chi connectivity index (χ4v) is 3.30. The van der Waals surface area contributed by atoms with Crippen LogP contribution in [0.5, 0.6) is 0 Å². The molecule has 0 saturated carbocycles. The fourth-order valence-electron chi connectivity index (χ4n) is 2.14. The van der Waals surface area contributed by atoms with E-state index in [1.54, 1.807) is 30.3 Å². The van der Waals surface area contributed by atoms with Crippen molar-refractivity contribution >= 4 is 45.7 Å². The van der Waals surface area contributed by atoms with Crippen molar-refractivity contribution in [3.63, 3.8) is 0 Å². The largest absolute Gasteiger partial charge is 0.296 e. The third-order valence-electron chi connectivity index (χ3n) is 3.45. The molecule has 0 fully saturated rings. The Bertz CT molecular complexity index is 953. The molecule has 1 aromatic heterocycles. The first-order chi connectivity index (χ1) is 12.6. The average molecular weight is 383 g/mol. The van der Waals surface area contributed by atoms with E-state index in [1.807, 2.05) is 6.26 Å². The summed E-state index contributed by atoms with van der Waals surface area (Å²) in [6.07, 6.45) is 1.87. The number of carbonyl (C=O) groups is 3. The number of Topliss-reactive ketones (excluding diaryl/α,β-unsaturated/α-hetero) is 2. The number of thioether (sulfide) groups is 1. The molecule has 0 unspecified atom stereocenters. The molecular weight excluding hydrogens is 370 g/mol. The number of amides is 1. The lowest BCUT2D eigenvalue weighted by atomic mass is 10.0. The van der Waals surface area contributed by atoms with Crippen molar-refractivity contribution in [2.45, 2.75) is 4.34 Å². The molecule has 0 aliphatic rings. The molecule has 0 aliphatic carbocycles. The molecule has 0 bridgehead atoms. The molecule has 0 radical (unpaired) electrons. The van der Waals surface area contributed by atoms with Crippen LogP contribution in [-0.2, 0) is 0 Å². The number of carbonyl (C=O) groups excluding carboxylic acids is 3. The van der Waals surface area contributed by atoms with Gasteiger partial charge in [0, 0.05) is 16.7 Å². The lowest BCUT2D eigenvalue weighted by molar-refractivity contribution is 0.0817. The zero-order valence-corrected chi connectivity index (χ0v) is 15.3. The van der Waals surface area contributed by atoms with E-state index in [1.165, 1.54) is 47.4 Å². The highest BCUT2D eigenvalue weighted by Gasteiger charge is 2.18. The maximum absolute atomic E-state index is 12.3. The molecule has 0 aliphatic heterocycles. The number of hydrogen-bond donors (Lipinski definition) is 1. The van der Waals surface area contributed by atoms with Crippen LogP contribution in [-0.4, -0.2) is 33.9 Å². The van der Waals surface area contributed by atoms with Gasteiger partial charge in [-0.15, -0.1) is 10.2 Å². The summed E-state index contributed by atoms with van der Waals surface area (Å²) in [5, 5.41) is 10.8. The molecular formula is C18H13N3O3S2. The topological polar surface area (TPSA) is 89.0 Å². The Morgan fingerprint density at radius 3 is 2.00 bits per heavy atom. The molecule has 0 saturated heterocycles. The number of nitrogens with one attached hydrogen (secondary N) is 1. The average Bonchev–Trinajstić information content (AvgIpc) is 3.15. The van der Waals surface area contributed by atoms with Gasteiger partial charge in [0.1, 0.15) is 0 Å². The van der Waals surface area contributed by atoms with Crippen LogP contribution in [0.3, 0.4) is 0 Å². The number of hydrogen-bond acceptors (Lipinski definition) is 7. The second kappa shape index (κ2) is 8.03. The quantitative estimate of drug-likeness (QED) is 0.303. The molecule has 0 atom stereocenters. The smallest absolute Gasteiger partial charge is 0.257 e. The molecule has 6 nitrogen and oxygen atoms in total. The minimum atomic E-state index is -0.614. The summed E-state index contributed by atoms with van der Waals surface area (Å²) >= 11 is 2.72. The molecule has 1 amide bonds. The predicted molar refractivity (Wildman–Crippen MR) is 101 cm³/mol. The Morgan fingerprint density at radius 2 is 1.42 bits per heavy atom. The molecule has 8 heteroatoms. The number of aromatic nitrogens is 2. The lowest BCUT2D eigenvalue weighted by Crippen LogP contribution is -2.15. The van der Waals surface area contributed by atoms with Crippen molar-refractivity contribution in [2.24, 2.45) is 0 Å². The maximum Gasteiger partial charge on any atom is 0.257 e. The van der Waals surface area contributed by atoms with Gasteiger partial charge in [0.2, 0.25) is 16.7 Å². The maximum atomic E-state index is 12.3. The third kappa shape index (κ3) is 4.04. The Balaban J connectivity index is 1.70. The van der Waals surface area contributed by atoms with Crippen molar-refractivity contribution in [3.05, 3.63) is 71.3 Å². The molecule has 3 aromatic rings. The zero-order valence-electron chi connectivity index (χ0n) is 13.6. The molecule has 2 aromatic carbocycles. The molecule has 130 valence electrons. The van der Waals surface area contributed by atoms with Crippen LogP contribution >= 0.6 is 23.1 Å². The lowest BCUT2D eigenvalue weighted by Gasteiger charge is -2.04. The van der Waals surface area contributed by atoms with Crippen LogP contribution in [0, 0.1) is 0 Å². The highest BCUT2D eigenvalue weighted by molar-refractivity contribution is 8.00. The van der Waals surface area contributed by atoms with E-state index in [4.69, 9.17) is 0 Å². The number of ketones is 2. The molecule has 26 heavy (non-hydrogen) atoms. The Kier molecular flexibility index (Phi) is 5.55. The summed E-state index contributed by atoms with van der Waals surface area (Å²) in [6.45, 7) is 0. The van der Waals surface area contributed by atoms with Gasteiger partial charge in [-0.2, -0.15) is 0 Å². The van der Waals surface area contributed by atoms with Crippen molar-refractivity contribution in [1.82, 2.24) is 10.2 Å². The van der Waals surface area contributed by atoms with E-state index in [0.717, 1.165) is 4.34 Å². The standard InChI is InChI=1S/C18H13N3O3S2/c1-25-18-21-20-17(26-18)19-16(24)13-9-7-12(8-10-13)15(23)14(22)11-5-3-2-4-6-11/h2-10H,1H3,(H,19,20,24). The van der Waals surface area contributed by atoms with Crippen LogP contribution in [0.1, 0.15) is 31.1 Å². The third-order valence-corrected chi connectivity index (χ3v) is 5.27. The molecule has 0 spiro atoms. The monoisotopic (exact) mass is 383 g/mol. The van der Waals surface area contributed by atoms with Gasteiger partial charge >= 0.3 is 0 Å². The normalized spacial score (nSPS) is 10.3. The first kappa shape index (κ1) is 18.0. The summed E-state index contributed by atoms with van der Waals surface area (Å²) < 4.78 is 0.751. The minimum Gasteiger partial charge on any atom is -0.296 e. The van der Waals surface area contributed by atoms with Crippen LogP contribution in [0.2, 0.25) is 0 Å². The second-order valence-corrected chi connectivity index (χ2v) is 7.16. The SMILES string of the molecule is CSc1nnc(NC(=O)c2ccc(C(=O)C(=O)c3ccccc3)cc2)s1. The number of benzene rings is 2. The van der Waals surface area contributed by atoms with Gasteiger partial charge in [0.25, 0.3) is 5.91 Å². The fraction of sp³-hybridized carbons (Fsp3) is 0.0556. The van der Waals surface area contributed by atoms with Crippen molar-refractivity contribution in [3.8, 4) is 0 Å². The predicted octanol–water partition coefficient (Wildman–Crippen LogP) is 3.58. The van der Waals surface area contributed by atoms with Gasteiger partial charge in [0.15, 0.2) is 4.34 Å². The van der Waals surface area contributed by atoms with E-state index in [-0.39, 0.29) is 11.5 Å². The van der Waals surface area contributed by atoms with Gasteiger partial charge in [-0.3, -0.25) is 19.7 Å². The Morgan fingerprint density at radius 1 is 0.846 bits per heavy atom. The van der Waals surface area contributed by atoms with Crippen molar-refractivity contribution in [2.75, 3.05) is 11.6 Å². The van der Waals surface area contributed by atoms with Gasteiger partial charge < -0.3 is 0 Å². The highest BCUT2D eigenvalue weighted by atomic mass is 32.2. The minimum absolute atomic E-state index is 0.232. The molecule has 1 heterocycles. The second-order valence-electron chi connectivity index (χ2n) is 5.13. The van der Waals surface area contributed by atoms with E-state index < -0.39 is 11.6 Å². The van der Waals surface area contributed by atoms with Crippen LogP contribution in [0.15, 0.2) is 58.9 Å². The first-order valence-corrected chi connectivity index (χ1v) is 9.55. The number of anilines is 1. The Hall–Kier alpha value is -2.84. The van der Waals surface area contributed by atoms with Crippen LogP contribution in [0.25, 0.3) is 0 Å². The van der Waals surface area contributed by atoms with Gasteiger partial charge in [0.05, 0.1) is 0 Å². The number of rotatable bonds is 6. The van der Waals surface area contributed by atoms with Crippen molar-refractivity contribution in [1.29, 1.82) is 0 Å². The zero-order chi connectivity index (χ0) is 18.5. The summed E-state index contributed by atoms with van der Waals surface area (Å²) in [5.41, 5.74) is 0.922. The van der Waals surface area contributed by atoms with Crippen LogP contribution in [0.4, 0.5) is 5.13 Å². The molecule has 1 N–H and O–H groups in total. The summed E-state index contributed by atoms with van der Waals surface area (Å²) in [4.78, 5) is 36.7. The van der Waals surface area contributed by atoms with E-state index in [0.29, 0.717) is 16.3 Å². The summed E-state index contributed by atoms with van der Waals surface area (Å²) in [7, 11) is 0. The molecule has 3 rings (SSSR count). The Labute approximate surface area is 157 Å². The summed E-state index contributed by atoms with van der Waals surface area (Å²) in [6, 6.07) is 14.3.